The SMILES string of the molecule is CCCCCCCCC(CCCc1ccccc1)OC(=O)c1ccc(-c2ccc(SCCCCCCC)cc2)cc1. The number of esters is 1. The lowest BCUT2D eigenvalue weighted by Crippen LogP contribution is -2.19. The fourth-order valence-electron chi connectivity index (χ4n) is 5.25. The molecule has 0 amide bonds. The van der Waals surface area contributed by atoms with E-state index in [0.717, 1.165) is 37.7 Å². The summed E-state index contributed by atoms with van der Waals surface area (Å²) in [6.07, 6.45) is 18.0. The Hall–Kier alpha value is -2.52. The van der Waals surface area contributed by atoms with Gasteiger partial charge in [-0.05, 0) is 85.2 Å². The molecule has 2 nitrogen and oxygen atoms in total. The summed E-state index contributed by atoms with van der Waals surface area (Å²) in [7, 11) is 0. The van der Waals surface area contributed by atoms with Crippen LogP contribution in [0.25, 0.3) is 11.1 Å². The average Bonchev–Trinajstić information content (AvgIpc) is 3.01. The summed E-state index contributed by atoms with van der Waals surface area (Å²) in [6, 6.07) is 27.4. The van der Waals surface area contributed by atoms with Crippen LogP contribution >= 0.6 is 11.8 Å². The molecule has 0 radical (unpaired) electrons. The Morgan fingerprint density at radius 2 is 1.20 bits per heavy atom. The van der Waals surface area contributed by atoms with Gasteiger partial charge in [0.2, 0.25) is 0 Å². The average molecular weight is 573 g/mol. The van der Waals surface area contributed by atoms with Crippen LogP contribution in [-0.2, 0) is 11.2 Å². The van der Waals surface area contributed by atoms with Crippen LogP contribution in [0.15, 0.2) is 83.8 Å². The Morgan fingerprint density at radius 1 is 0.634 bits per heavy atom. The van der Waals surface area contributed by atoms with Gasteiger partial charge in [0.15, 0.2) is 0 Å². The Labute approximate surface area is 254 Å². The second-order valence-electron chi connectivity index (χ2n) is 11.3. The number of rotatable bonds is 21. The predicted octanol–water partition coefficient (Wildman–Crippen LogP) is 11.7. The lowest BCUT2D eigenvalue weighted by atomic mass is 10.0. The summed E-state index contributed by atoms with van der Waals surface area (Å²) in [5, 5.41) is 0. The van der Waals surface area contributed by atoms with Gasteiger partial charge in [-0.25, -0.2) is 4.79 Å². The molecule has 3 aromatic carbocycles. The molecule has 3 aromatic rings. The van der Waals surface area contributed by atoms with Crippen molar-refractivity contribution in [1.82, 2.24) is 0 Å². The number of aryl methyl sites for hydroxylation is 1. The van der Waals surface area contributed by atoms with E-state index in [9.17, 15) is 4.79 Å². The summed E-state index contributed by atoms with van der Waals surface area (Å²) < 4.78 is 6.09. The van der Waals surface area contributed by atoms with E-state index in [1.54, 1.807) is 0 Å². The minimum absolute atomic E-state index is 0.0197. The third-order valence-electron chi connectivity index (χ3n) is 7.81. The van der Waals surface area contributed by atoms with Crippen molar-refractivity contribution in [2.24, 2.45) is 0 Å². The zero-order valence-corrected chi connectivity index (χ0v) is 26.4. The maximum atomic E-state index is 13.1. The Balaban J connectivity index is 1.49. The number of unbranched alkanes of at least 4 members (excludes halogenated alkanes) is 9. The highest BCUT2D eigenvalue weighted by molar-refractivity contribution is 7.99. The van der Waals surface area contributed by atoms with Crippen LogP contribution in [0.4, 0.5) is 0 Å². The third kappa shape index (κ3) is 13.3. The number of thioether (sulfide) groups is 1. The topological polar surface area (TPSA) is 26.3 Å². The molecule has 0 N–H and O–H groups in total. The van der Waals surface area contributed by atoms with Gasteiger partial charge in [-0.3, -0.25) is 0 Å². The first kappa shape index (κ1) is 33.0. The fourth-order valence-corrected chi connectivity index (χ4v) is 6.16. The molecule has 0 bridgehead atoms. The molecule has 0 aliphatic rings. The molecule has 0 aliphatic carbocycles. The van der Waals surface area contributed by atoms with Crippen molar-refractivity contribution in [1.29, 1.82) is 0 Å². The Kier molecular flexibility index (Phi) is 16.4. The monoisotopic (exact) mass is 572 g/mol. The molecule has 0 saturated carbocycles. The van der Waals surface area contributed by atoms with Gasteiger partial charge in [-0.15, -0.1) is 11.8 Å². The van der Waals surface area contributed by atoms with Gasteiger partial charge in [0.05, 0.1) is 5.56 Å². The summed E-state index contributed by atoms with van der Waals surface area (Å²) in [5.74, 6) is 0.990. The Bertz CT molecular complexity index is 1080. The van der Waals surface area contributed by atoms with Crippen LogP contribution in [0, 0.1) is 0 Å². The van der Waals surface area contributed by atoms with Gasteiger partial charge < -0.3 is 4.74 Å². The molecule has 0 heterocycles. The van der Waals surface area contributed by atoms with Crippen molar-refractivity contribution in [2.75, 3.05) is 5.75 Å². The molecule has 0 spiro atoms. The van der Waals surface area contributed by atoms with Crippen molar-refractivity contribution in [2.45, 2.75) is 121 Å². The van der Waals surface area contributed by atoms with Crippen molar-refractivity contribution in [3.8, 4) is 11.1 Å². The van der Waals surface area contributed by atoms with E-state index in [0.29, 0.717) is 5.56 Å². The molecule has 0 aromatic heterocycles. The van der Waals surface area contributed by atoms with Crippen LogP contribution in [0.1, 0.15) is 120 Å². The lowest BCUT2D eigenvalue weighted by Gasteiger charge is -2.18. The normalized spacial score (nSPS) is 11.9. The first-order valence-corrected chi connectivity index (χ1v) is 17.3. The van der Waals surface area contributed by atoms with E-state index in [1.165, 1.54) is 86.0 Å². The molecule has 0 fully saturated rings. The van der Waals surface area contributed by atoms with Gasteiger partial charge in [-0.1, -0.05) is 126 Å². The molecule has 0 saturated heterocycles. The smallest absolute Gasteiger partial charge is 0.338 e. The minimum Gasteiger partial charge on any atom is -0.459 e. The molecule has 3 rings (SSSR count). The van der Waals surface area contributed by atoms with Crippen LogP contribution in [0.2, 0.25) is 0 Å². The summed E-state index contributed by atoms with van der Waals surface area (Å²) in [5.41, 5.74) is 4.30. The van der Waals surface area contributed by atoms with E-state index in [1.807, 2.05) is 36.0 Å². The standard InChI is InChI=1S/C38H52O2S/c1-3-5-7-9-10-15-21-36(22-17-20-32-18-13-12-14-19-32)40-38(39)35-25-23-33(24-26-35)34-27-29-37(30-28-34)41-31-16-11-8-6-4-2/h12-14,18-19,23-30,36H,3-11,15-17,20-22,31H2,1-2H3. The molecule has 1 unspecified atom stereocenters. The van der Waals surface area contributed by atoms with E-state index >= 15 is 0 Å². The van der Waals surface area contributed by atoms with Crippen LogP contribution in [-0.4, -0.2) is 17.8 Å². The first-order chi connectivity index (χ1) is 20.2. The van der Waals surface area contributed by atoms with Crippen molar-refractivity contribution in [3.63, 3.8) is 0 Å². The summed E-state index contributed by atoms with van der Waals surface area (Å²) in [6.45, 7) is 4.51. The van der Waals surface area contributed by atoms with E-state index in [4.69, 9.17) is 4.74 Å². The van der Waals surface area contributed by atoms with Crippen molar-refractivity contribution >= 4 is 17.7 Å². The molecular weight excluding hydrogens is 520 g/mol. The summed E-state index contributed by atoms with van der Waals surface area (Å²) in [4.78, 5) is 14.4. The number of ether oxygens (including phenoxy) is 1. The van der Waals surface area contributed by atoms with Gasteiger partial charge in [0.25, 0.3) is 0 Å². The molecule has 3 heteroatoms. The maximum Gasteiger partial charge on any atom is 0.338 e. The van der Waals surface area contributed by atoms with Crippen LogP contribution in [0.3, 0.4) is 0 Å². The second-order valence-corrected chi connectivity index (χ2v) is 12.5. The molecule has 1 atom stereocenters. The number of benzene rings is 3. The highest BCUT2D eigenvalue weighted by Gasteiger charge is 2.16. The fraction of sp³-hybridized carbons (Fsp3) is 0.500. The van der Waals surface area contributed by atoms with E-state index in [-0.39, 0.29) is 12.1 Å². The molecule has 222 valence electrons. The predicted molar refractivity (Wildman–Crippen MR) is 178 cm³/mol. The maximum absolute atomic E-state index is 13.1. The number of hydrogen-bond acceptors (Lipinski definition) is 3. The van der Waals surface area contributed by atoms with Gasteiger partial charge in [0.1, 0.15) is 6.10 Å². The quantitative estimate of drug-likeness (QED) is 0.0721. The van der Waals surface area contributed by atoms with Crippen LogP contribution < -0.4 is 0 Å². The zero-order valence-electron chi connectivity index (χ0n) is 25.6. The molecule has 0 aliphatic heterocycles. The third-order valence-corrected chi connectivity index (χ3v) is 8.91. The van der Waals surface area contributed by atoms with E-state index < -0.39 is 0 Å². The van der Waals surface area contributed by atoms with E-state index in [2.05, 4.69) is 68.4 Å². The van der Waals surface area contributed by atoms with Gasteiger partial charge in [-0.2, -0.15) is 0 Å². The number of carbonyl (C=O) groups is 1. The van der Waals surface area contributed by atoms with Gasteiger partial charge >= 0.3 is 5.97 Å². The highest BCUT2D eigenvalue weighted by atomic mass is 32.2. The van der Waals surface area contributed by atoms with Crippen molar-refractivity contribution < 1.29 is 9.53 Å². The number of hydrogen-bond donors (Lipinski definition) is 0. The van der Waals surface area contributed by atoms with Crippen LogP contribution in [0.5, 0.6) is 0 Å². The largest absolute Gasteiger partial charge is 0.459 e. The summed E-state index contributed by atoms with van der Waals surface area (Å²) >= 11 is 1.95. The first-order valence-electron chi connectivity index (χ1n) is 16.3. The van der Waals surface area contributed by atoms with Crippen molar-refractivity contribution in [3.05, 3.63) is 90.0 Å². The number of carbonyl (C=O) groups excluding carboxylic acids is 1. The zero-order chi connectivity index (χ0) is 29.0. The highest BCUT2D eigenvalue weighted by Crippen LogP contribution is 2.26. The lowest BCUT2D eigenvalue weighted by molar-refractivity contribution is 0.0251. The molecular formula is C38H52O2S. The van der Waals surface area contributed by atoms with Gasteiger partial charge in [0, 0.05) is 4.90 Å². The molecule has 41 heavy (non-hydrogen) atoms. The minimum atomic E-state index is -0.196. The Morgan fingerprint density at radius 3 is 1.85 bits per heavy atom. The second kappa shape index (κ2) is 20.4.